The van der Waals surface area contributed by atoms with Crippen LogP contribution in [0.2, 0.25) is 0 Å². The number of aromatic hydroxyl groups is 1. The molecule has 0 saturated heterocycles. The molecule has 0 aliphatic carbocycles. The van der Waals surface area contributed by atoms with Crippen molar-refractivity contribution in [1.29, 1.82) is 0 Å². The number of hydrogen-bond donors (Lipinski definition) is 2. The fraction of sp³-hybridized carbons (Fsp3) is 0. The normalized spacial score (nSPS) is 10.9. The average Bonchev–Trinajstić information content (AvgIpc) is 2.73. The highest BCUT2D eigenvalue weighted by Gasteiger charge is 2.08. The molecule has 1 aromatic heterocycles. The molecule has 4 heteroatoms. The molecule has 84 valence electrons. The molecule has 2 aromatic carbocycles. The van der Waals surface area contributed by atoms with Crippen LogP contribution in [-0.2, 0) is 0 Å². The van der Waals surface area contributed by atoms with Crippen LogP contribution in [0.3, 0.4) is 0 Å². The van der Waals surface area contributed by atoms with E-state index in [-0.39, 0.29) is 11.6 Å². The zero-order valence-corrected chi connectivity index (χ0v) is 8.81. The molecule has 0 radical (unpaired) electrons. The molecule has 0 spiro atoms. The monoisotopic (exact) mass is 228 g/mol. The van der Waals surface area contributed by atoms with E-state index in [1.54, 1.807) is 30.3 Å². The van der Waals surface area contributed by atoms with Crippen molar-refractivity contribution in [3.8, 4) is 17.0 Å². The number of hydrogen-bond acceptors (Lipinski definition) is 2. The number of phenolic OH excluding ortho intramolecular Hbond substituents is 1. The van der Waals surface area contributed by atoms with Gasteiger partial charge in [0.2, 0.25) is 0 Å². The summed E-state index contributed by atoms with van der Waals surface area (Å²) in [5.41, 5.74) is 2.34. The Morgan fingerprint density at radius 3 is 2.59 bits per heavy atom. The predicted molar refractivity (Wildman–Crippen MR) is 63.2 cm³/mol. The second-order valence-electron chi connectivity index (χ2n) is 3.81. The molecule has 0 fully saturated rings. The largest absolute Gasteiger partial charge is 0.508 e. The fourth-order valence-corrected chi connectivity index (χ4v) is 1.84. The minimum Gasteiger partial charge on any atom is -0.508 e. The molecular weight excluding hydrogens is 219 g/mol. The summed E-state index contributed by atoms with van der Waals surface area (Å²) in [4.78, 5) is 0. The number of halogens is 1. The Bertz CT molecular complexity index is 673. The van der Waals surface area contributed by atoms with Crippen LogP contribution in [0, 0.1) is 5.82 Å². The van der Waals surface area contributed by atoms with Crippen LogP contribution in [0.25, 0.3) is 22.2 Å². The van der Waals surface area contributed by atoms with Gasteiger partial charge in [-0.2, -0.15) is 5.10 Å². The highest BCUT2D eigenvalue weighted by atomic mass is 19.1. The Labute approximate surface area is 96.5 Å². The summed E-state index contributed by atoms with van der Waals surface area (Å²) >= 11 is 0. The lowest BCUT2D eigenvalue weighted by Gasteiger charge is -1.97. The summed E-state index contributed by atoms with van der Waals surface area (Å²) in [7, 11) is 0. The summed E-state index contributed by atoms with van der Waals surface area (Å²) in [6.45, 7) is 0. The first-order valence-electron chi connectivity index (χ1n) is 5.17. The SMILES string of the molecule is Oc1ccc2c(-c3ccc(F)cc3)n[nH]c2c1. The van der Waals surface area contributed by atoms with Gasteiger partial charge in [0.25, 0.3) is 0 Å². The highest BCUT2D eigenvalue weighted by Crippen LogP contribution is 2.28. The lowest BCUT2D eigenvalue weighted by molar-refractivity contribution is 0.476. The van der Waals surface area contributed by atoms with Gasteiger partial charge in [0.05, 0.1) is 11.2 Å². The number of aromatic amines is 1. The van der Waals surface area contributed by atoms with Crippen molar-refractivity contribution in [3.05, 3.63) is 48.3 Å². The number of benzene rings is 2. The van der Waals surface area contributed by atoms with Crippen molar-refractivity contribution in [2.45, 2.75) is 0 Å². The Kier molecular flexibility index (Phi) is 2.08. The first kappa shape index (κ1) is 9.84. The molecule has 0 aliphatic rings. The van der Waals surface area contributed by atoms with Crippen molar-refractivity contribution >= 4 is 10.9 Å². The van der Waals surface area contributed by atoms with E-state index in [1.165, 1.54) is 12.1 Å². The van der Waals surface area contributed by atoms with Crippen LogP contribution in [0.4, 0.5) is 4.39 Å². The second kappa shape index (κ2) is 3.59. The number of rotatable bonds is 1. The van der Waals surface area contributed by atoms with Crippen LogP contribution >= 0.6 is 0 Å². The van der Waals surface area contributed by atoms with E-state index >= 15 is 0 Å². The minimum absolute atomic E-state index is 0.187. The van der Waals surface area contributed by atoms with Crippen molar-refractivity contribution < 1.29 is 9.50 Å². The van der Waals surface area contributed by atoms with Crippen molar-refractivity contribution in [2.24, 2.45) is 0 Å². The quantitative estimate of drug-likeness (QED) is 0.672. The zero-order chi connectivity index (χ0) is 11.8. The average molecular weight is 228 g/mol. The molecule has 17 heavy (non-hydrogen) atoms. The van der Waals surface area contributed by atoms with Crippen LogP contribution in [0.15, 0.2) is 42.5 Å². The van der Waals surface area contributed by atoms with Gasteiger partial charge in [0.15, 0.2) is 0 Å². The molecular formula is C13H9FN2O. The molecule has 0 unspecified atom stereocenters. The van der Waals surface area contributed by atoms with Gasteiger partial charge in [-0.25, -0.2) is 4.39 Å². The third-order valence-corrected chi connectivity index (χ3v) is 2.66. The minimum atomic E-state index is -0.272. The third-order valence-electron chi connectivity index (χ3n) is 2.66. The number of fused-ring (bicyclic) bond motifs is 1. The van der Waals surface area contributed by atoms with Gasteiger partial charge in [-0.3, -0.25) is 5.10 Å². The maximum Gasteiger partial charge on any atom is 0.123 e. The zero-order valence-electron chi connectivity index (χ0n) is 8.81. The molecule has 0 bridgehead atoms. The highest BCUT2D eigenvalue weighted by molar-refractivity contribution is 5.93. The van der Waals surface area contributed by atoms with Gasteiger partial charge in [-0.15, -0.1) is 0 Å². The van der Waals surface area contributed by atoms with Gasteiger partial charge in [0, 0.05) is 17.0 Å². The van der Waals surface area contributed by atoms with E-state index in [2.05, 4.69) is 10.2 Å². The molecule has 3 aromatic rings. The number of nitrogens with one attached hydrogen (secondary N) is 1. The topological polar surface area (TPSA) is 48.9 Å². The lowest BCUT2D eigenvalue weighted by Crippen LogP contribution is -1.79. The Balaban J connectivity index is 2.21. The van der Waals surface area contributed by atoms with E-state index < -0.39 is 0 Å². The van der Waals surface area contributed by atoms with Gasteiger partial charge in [-0.05, 0) is 36.4 Å². The maximum absolute atomic E-state index is 12.8. The van der Waals surface area contributed by atoms with Crippen LogP contribution in [0.5, 0.6) is 5.75 Å². The van der Waals surface area contributed by atoms with Crippen LogP contribution in [0.1, 0.15) is 0 Å². The standard InChI is InChI=1S/C13H9FN2O/c14-9-3-1-8(2-4-9)13-11-6-5-10(17)7-12(11)15-16-13/h1-7,17H,(H,15,16). The number of aromatic nitrogens is 2. The van der Waals surface area contributed by atoms with Gasteiger partial charge in [-0.1, -0.05) is 0 Å². The van der Waals surface area contributed by atoms with Crippen molar-refractivity contribution in [2.75, 3.05) is 0 Å². The molecule has 0 amide bonds. The van der Waals surface area contributed by atoms with Gasteiger partial charge in [0.1, 0.15) is 11.6 Å². The van der Waals surface area contributed by atoms with E-state index in [1.807, 2.05) is 0 Å². The summed E-state index contributed by atoms with van der Waals surface area (Å²) in [5.74, 6) is -0.0851. The summed E-state index contributed by atoms with van der Waals surface area (Å²) < 4.78 is 12.8. The Morgan fingerprint density at radius 1 is 1.06 bits per heavy atom. The van der Waals surface area contributed by atoms with Crippen LogP contribution in [-0.4, -0.2) is 15.3 Å². The van der Waals surface area contributed by atoms with Gasteiger partial charge >= 0.3 is 0 Å². The summed E-state index contributed by atoms with van der Waals surface area (Å²) in [5, 5.41) is 17.3. The fourth-order valence-electron chi connectivity index (χ4n) is 1.84. The second-order valence-corrected chi connectivity index (χ2v) is 3.81. The number of phenols is 1. The third kappa shape index (κ3) is 1.63. The predicted octanol–water partition coefficient (Wildman–Crippen LogP) is 3.07. The Morgan fingerprint density at radius 2 is 1.82 bits per heavy atom. The van der Waals surface area contributed by atoms with Gasteiger partial charge < -0.3 is 5.11 Å². The number of nitrogens with zero attached hydrogens (tertiary/aromatic N) is 1. The summed E-state index contributed by atoms with van der Waals surface area (Å²) in [6, 6.07) is 11.1. The molecule has 0 atom stereocenters. The van der Waals surface area contributed by atoms with E-state index in [9.17, 15) is 9.50 Å². The van der Waals surface area contributed by atoms with E-state index in [4.69, 9.17) is 0 Å². The molecule has 1 heterocycles. The van der Waals surface area contributed by atoms with Crippen molar-refractivity contribution in [1.82, 2.24) is 10.2 Å². The lowest BCUT2D eigenvalue weighted by atomic mass is 10.1. The first-order chi connectivity index (χ1) is 8.24. The molecule has 0 aliphatic heterocycles. The van der Waals surface area contributed by atoms with Crippen LogP contribution < -0.4 is 0 Å². The van der Waals surface area contributed by atoms with E-state index in [0.717, 1.165) is 22.2 Å². The molecule has 2 N–H and O–H groups in total. The maximum atomic E-state index is 12.8. The van der Waals surface area contributed by atoms with E-state index in [0.29, 0.717) is 0 Å². The molecule has 3 nitrogen and oxygen atoms in total. The summed E-state index contributed by atoms with van der Waals surface area (Å²) in [6.07, 6.45) is 0. The first-order valence-corrected chi connectivity index (χ1v) is 5.17. The molecule has 0 saturated carbocycles. The van der Waals surface area contributed by atoms with Crippen molar-refractivity contribution in [3.63, 3.8) is 0 Å². The Hall–Kier alpha value is -2.36. The molecule has 3 rings (SSSR count). The number of H-pyrrole nitrogens is 1. The smallest absolute Gasteiger partial charge is 0.123 e.